The largest absolute Gasteiger partial charge is 0.494 e. The van der Waals surface area contributed by atoms with Crippen molar-refractivity contribution in [2.45, 2.75) is 31.7 Å². The van der Waals surface area contributed by atoms with Crippen molar-refractivity contribution in [3.8, 4) is 11.4 Å². The minimum absolute atomic E-state index is 0.233. The Balaban J connectivity index is 1.45. The molecular formula is C23H21ClF2N6O. The van der Waals surface area contributed by atoms with E-state index < -0.39 is 11.6 Å². The molecule has 4 aromatic rings. The first kappa shape index (κ1) is 21.4. The second-order valence-corrected chi connectivity index (χ2v) is 8.27. The molecule has 5 rings (SSSR count). The molecule has 2 aromatic carbocycles. The molecule has 0 unspecified atom stereocenters. The fraction of sp³-hybridized carbons (Fsp3) is 0.261. The van der Waals surface area contributed by atoms with Gasteiger partial charge in [-0.1, -0.05) is 18.0 Å². The van der Waals surface area contributed by atoms with Gasteiger partial charge in [0, 0.05) is 36.5 Å². The van der Waals surface area contributed by atoms with Gasteiger partial charge >= 0.3 is 0 Å². The molecule has 170 valence electrons. The zero-order valence-corrected chi connectivity index (χ0v) is 18.6. The van der Waals surface area contributed by atoms with Crippen LogP contribution in [0.5, 0.6) is 5.75 Å². The number of nitrogens with one attached hydrogen (secondary N) is 1. The summed E-state index contributed by atoms with van der Waals surface area (Å²) in [5, 5.41) is 8.20. The molecule has 33 heavy (non-hydrogen) atoms. The monoisotopic (exact) mass is 470 g/mol. The number of benzene rings is 2. The van der Waals surface area contributed by atoms with Gasteiger partial charge in [-0.25, -0.2) is 18.4 Å². The van der Waals surface area contributed by atoms with Gasteiger partial charge < -0.3 is 14.6 Å². The summed E-state index contributed by atoms with van der Waals surface area (Å²) >= 11 is 5.93. The Kier molecular flexibility index (Phi) is 5.72. The molecule has 3 heterocycles. The van der Waals surface area contributed by atoms with E-state index in [0.717, 1.165) is 36.7 Å². The van der Waals surface area contributed by atoms with Crippen LogP contribution in [-0.4, -0.2) is 31.4 Å². The second-order valence-electron chi connectivity index (χ2n) is 7.88. The minimum Gasteiger partial charge on any atom is -0.494 e. The van der Waals surface area contributed by atoms with Crippen molar-refractivity contribution in [3.05, 3.63) is 77.1 Å². The second kappa shape index (κ2) is 8.82. The predicted octanol–water partition coefficient (Wildman–Crippen LogP) is 5.46. The molecule has 7 nitrogen and oxygen atoms in total. The van der Waals surface area contributed by atoms with Crippen LogP contribution in [0.15, 0.2) is 48.9 Å². The highest BCUT2D eigenvalue weighted by Gasteiger charge is 2.25. The molecule has 10 heteroatoms. The van der Waals surface area contributed by atoms with E-state index in [1.54, 1.807) is 24.2 Å². The highest BCUT2D eigenvalue weighted by molar-refractivity contribution is 6.29. The lowest BCUT2D eigenvalue weighted by molar-refractivity contribution is 0.413. The lowest BCUT2D eigenvalue weighted by Crippen LogP contribution is -2.09. The normalized spacial score (nSPS) is 15.7. The van der Waals surface area contributed by atoms with Crippen molar-refractivity contribution in [1.29, 1.82) is 0 Å². The third kappa shape index (κ3) is 4.41. The van der Waals surface area contributed by atoms with Crippen molar-refractivity contribution < 1.29 is 13.5 Å². The number of anilines is 2. The number of methoxy groups -OCH3 is 1. The molecule has 2 aromatic heterocycles. The Hall–Kier alpha value is -3.46. The fourth-order valence-corrected chi connectivity index (χ4v) is 4.34. The standard InChI is InChI=1S/C23H21ClF2N6O/c1-33-20-11-17(5-6-19(20)31-12-21(24)27-13-31)28-23-29-22-18(4-2-3-7-32(22)30-23)14-8-15(25)10-16(26)9-14/h5-6,8-13,18H,2-4,7H2,1H3,(H,28,30)/t18-/m0/s1. The van der Waals surface area contributed by atoms with Gasteiger partial charge in [-0.15, -0.1) is 5.10 Å². The first-order valence-electron chi connectivity index (χ1n) is 10.6. The first-order chi connectivity index (χ1) is 16.0. The molecule has 0 radical (unpaired) electrons. The average molecular weight is 471 g/mol. The van der Waals surface area contributed by atoms with Gasteiger partial charge in [-0.05, 0) is 42.7 Å². The molecule has 0 fully saturated rings. The van der Waals surface area contributed by atoms with Crippen LogP contribution in [-0.2, 0) is 6.54 Å². The molecule has 0 saturated heterocycles. The summed E-state index contributed by atoms with van der Waals surface area (Å²) in [5.41, 5.74) is 2.08. The quantitative estimate of drug-likeness (QED) is 0.419. The SMILES string of the molecule is COc1cc(Nc2nc3n(n2)CCCC[C@H]3c2cc(F)cc(F)c2)ccc1-n1cnc(Cl)c1. The van der Waals surface area contributed by atoms with Gasteiger partial charge in [0.1, 0.15) is 34.7 Å². The Labute approximate surface area is 194 Å². The fourth-order valence-electron chi connectivity index (χ4n) is 4.19. The number of fused-ring (bicyclic) bond motifs is 1. The molecule has 0 aliphatic carbocycles. The molecular weight excluding hydrogens is 450 g/mol. The molecule has 0 bridgehead atoms. The van der Waals surface area contributed by atoms with Crippen molar-refractivity contribution in [3.63, 3.8) is 0 Å². The van der Waals surface area contributed by atoms with Crippen LogP contribution in [0.4, 0.5) is 20.4 Å². The van der Waals surface area contributed by atoms with E-state index in [-0.39, 0.29) is 5.92 Å². The van der Waals surface area contributed by atoms with Crippen LogP contribution in [0, 0.1) is 11.6 Å². The number of ether oxygens (including phenoxy) is 1. The smallest absolute Gasteiger partial charge is 0.246 e. The number of rotatable bonds is 5. The van der Waals surface area contributed by atoms with Crippen LogP contribution in [0.2, 0.25) is 5.15 Å². The number of imidazole rings is 1. The maximum absolute atomic E-state index is 13.9. The summed E-state index contributed by atoms with van der Waals surface area (Å²) in [4.78, 5) is 8.72. The van der Waals surface area contributed by atoms with E-state index in [4.69, 9.17) is 16.3 Å². The predicted molar refractivity (Wildman–Crippen MR) is 120 cm³/mol. The van der Waals surface area contributed by atoms with Crippen LogP contribution in [0.3, 0.4) is 0 Å². The average Bonchev–Trinajstić information content (AvgIpc) is 3.33. The molecule has 1 N–H and O–H groups in total. The van der Waals surface area contributed by atoms with Crippen molar-refractivity contribution >= 4 is 23.2 Å². The number of halogens is 3. The highest BCUT2D eigenvalue weighted by atomic mass is 35.5. The molecule has 1 atom stereocenters. The molecule has 0 saturated carbocycles. The molecule has 0 amide bonds. The number of nitrogens with zero attached hydrogens (tertiary/aromatic N) is 5. The van der Waals surface area contributed by atoms with Crippen LogP contribution in [0.1, 0.15) is 36.6 Å². The Morgan fingerprint density at radius 2 is 1.94 bits per heavy atom. The van der Waals surface area contributed by atoms with E-state index in [9.17, 15) is 8.78 Å². The van der Waals surface area contributed by atoms with Gasteiger partial charge in [0.2, 0.25) is 5.95 Å². The first-order valence-corrected chi connectivity index (χ1v) is 10.9. The number of aryl methyl sites for hydroxylation is 1. The van der Waals surface area contributed by atoms with E-state index in [0.29, 0.717) is 34.8 Å². The lowest BCUT2D eigenvalue weighted by Gasteiger charge is -2.14. The van der Waals surface area contributed by atoms with Gasteiger partial charge in [0.15, 0.2) is 0 Å². The Morgan fingerprint density at radius 3 is 2.67 bits per heavy atom. The van der Waals surface area contributed by atoms with E-state index >= 15 is 0 Å². The summed E-state index contributed by atoms with van der Waals surface area (Å²) in [6.07, 6.45) is 5.89. The van der Waals surface area contributed by atoms with E-state index in [2.05, 4.69) is 20.4 Å². The maximum Gasteiger partial charge on any atom is 0.246 e. The summed E-state index contributed by atoms with van der Waals surface area (Å²) in [7, 11) is 1.58. The Bertz CT molecular complexity index is 1280. The summed E-state index contributed by atoms with van der Waals surface area (Å²) in [6, 6.07) is 9.20. The third-order valence-electron chi connectivity index (χ3n) is 5.68. The van der Waals surface area contributed by atoms with Crippen molar-refractivity contribution in [2.24, 2.45) is 0 Å². The highest BCUT2D eigenvalue weighted by Crippen LogP contribution is 2.34. The Morgan fingerprint density at radius 1 is 1.12 bits per heavy atom. The van der Waals surface area contributed by atoms with Gasteiger partial charge in [0.25, 0.3) is 0 Å². The van der Waals surface area contributed by atoms with E-state index in [1.807, 2.05) is 22.9 Å². The van der Waals surface area contributed by atoms with Gasteiger partial charge in [-0.2, -0.15) is 4.98 Å². The number of hydrogen-bond acceptors (Lipinski definition) is 5. The van der Waals surface area contributed by atoms with Gasteiger partial charge in [0.05, 0.1) is 12.8 Å². The molecule has 0 spiro atoms. The molecule has 1 aliphatic heterocycles. The van der Waals surface area contributed by atoms with E-state index in [1.165, 1.54) is 12.1 Å². The topological polar surface area (TPSA) is 69.8 Å². The van der Waals surface area contributed by atoms with Crippen molar-refractivity contribution in [2.75, 3.05) is 12.4 Å². The van der Waals surface area contributed by atoms with Gasteiger partial charge in [-0.3, -0.25) is 0 Å². The van der Waals surface area contributed by atoms with Crippen LogP contribution >= 0.6 is 11.6 Å². The summed E-state index contributed by atoms with van der Waals surface area (Å²) < 4.78 is 36.8. The molecule has 1 aliphatic rings. The van der Waals surface area contributed by atoms with Crippen LogP contribution < -0.4 is 10.1 Å². The zero-order valence-electron chi connectivity index (χ0n) is 17.8. The van der Waals surface area contributed by atoms with Crippen molar-refractivity contribution in [1.82, 2.24) is 24.3 Å². The third-order valence-corrected chi connectivity index (χ3v) is 5.87. The lowest BCUT2D eigenvalue weighted by atomic mass is 9.93. The maximum atomic E-state index is 13.9. The van der Waals surface area contributed by atoms with Crippen LogP contribution in [0.25, 0.3) is 5.69 Å². The summed E-state index contributed by atoms with van der Waals surface area (Å²) in [6.45, 7) is 0.696. The zero-order chi connectivity index (χ0) is 22.9. The minimum atomic E-state index is -0.593. The number of aromatic nitrogens is 5. The number of hydrogen-bond donors (Lipinski definition) is 1. The summed E-state index contributed by atoms with van der Waals surface area (Å²) in [5.74, 6) is 0.299.